The van der Waals surface area contributed by atoms with Crippen LogP contribution in [0.3, 0.4) is 0 Å². The number of hydrogen-bond acceptors (Lipinski definition) is 5. The van der Waals surface area contributed by atoms with Gasteiger partial charge in [-0.25, -0.2) is 9.36 Å². The van der Waals surface area contributed by atoms with Gasteiger partial charge in [0.05, 0.1) is 17.2 Å². The van der Waals surface area contributed by atoms with E-state index in [-0.39, 0.29) is 11.1 Å². The molecule has 0 saturated carbocycles. The number of aromatic amines is 1. The van der Waals surface area contributed by atoms with Crippen molar-refractivity contribution in [1.29, 1.82) is 0 Å². The van der Waals surface area contributed by atoms with Crippen LogP contribution in [0.4, 0.5) is 0 Å². The molecule has 2 rings (SSSR count). The minimum Gasteiger partial charge on any atom is -0.352 e. The first-order chi connectivity index (χ1) is 9.26. The predicted octanol–water partition coefficient (Wildman–Crippen LogP) is 0.0860. The second-order valence-corrected chi connectivity index (χ2v) is 6.31. The van der Waals surface area contributed by atoms with E-state index >= 15 is 0 Å². The van der Waals surface area contributed by atoms with Crippen LogP contribution in [0, 0.1) is 0 Å². The molecule has 1 fully saturated rings. The summed E-state index contributed by atoms with van der Waals surface area (Å²) in [4.78, 5) is 42.2. The molecule has 0 spiro atoms. The predicted molar refractivity (Wildman–Crippen MR) is 70.2 cm³/mol. The van der Waals surface area contributed by atoms with Gasteiger partial charge in [-0.1, -0.05) is 0 Å². The summed E-state index contributed by atoms with van der Waals surface area (Å²) in [6.45, 7) is -0.264. The molecule has 9 nitrogen and oxygen atoms in total. The maximum atomic E-state index is 11.7. The van der Waals surface area contributed by atoms with Gasteiger partial charge >= 0.3 is 13.5 Å². The third kappa shape index (κ3) is 3.87. The van der Waals surface area contributed by atoms with Gasteiger partial charge in [-0.05, 0) is 28.8 Å². The lowest BCUT2D eigenvalue weighted by atomic mass is 10.2. The third-order valence-electron chi connectivity index (χ3n) is 2.75. The molecular formula is C9H12BrN2O7P. The summed E-state index contributed by atoms with van der Waals surface area (Å²) in [5, 5.41) is 0. The average Bonchev–Trinajstić information content (AvgIpc) is 2.79. The molecule has 0 aliphatic carbocycles. The zero-order valence-electron chi connectivity index (χ0n) is 10.1. The normalized spacial score (nSPS) is 23.1. The number of nitrogens with one attached hydrogen (secondary N) is 1. The van der Waals surface area contributed by atoms with Gasteiger partial charge in [0.15, 0.2) is 0 Å². The van der Waals surface area contributed by atoms with E-state index in [0.717, 1.165) is 0 Å². The second kappa shape index (κ2) is 5.92. The van der Waals surface area contributed by atoms with Crippen LogP contribution in [0.1, 0.15) is 19.1 Å². The van der Waals surface area contributed by atoms with Gasteiger partial charge in [0.1, 0.15) is 6.23 Å². The summed E-state index contributed by atoms with van der Waals surface area (Å²) in [6, 6.07) is 0. The molecule has 1 aliphatic rings. The fraction of sp³-hybridized carbons (Fsp3) is 0.556. The Morgan fingerprint density at radius 1 is 1.50 bits per heavy atom. The molecule has 1 saturated heterocycles. The number of hydrogen-bond donors (Lipinski definition) is 3. The molecule has 0 aromatic carbocycles. The van der Waals surface area contributed by atoms with Crippen LogP contribution in [0.5, 0.6) is 0 Å². The Hall–Kier alpha value is -0.770. The second-order valence-electron chi connectivity index (χ2n) is 4.22. The van der Waals surface area contributed by atoms with Crippen molar-refractivity contribution in [1.82, 2.24) is 9.55 Å². The molecular weight excluding hydrogens is 359 g/mol. The molecule has 112 valence electrons. The van der Waals surface area contributed by atoms with Crippen molar-refractivity contribution in [3.63, 3.8) is 0 Å². The van der Waals surface area contributed by atoms with Crippen molar-refractivity contribution >= 4 is 23.8 Å². The average molecular weight is 371 g/mol. The quantitative estimate of drug-likeness (QED) is 0.639. The molecule has 0 radical (unpaired) electrons. The Morgan fingerprint density at radius 2 is 2.20 bits per heavy atom. The Bertz CT molecular complexity index is 650. The van der Waals surface area contributed by atoms with Gasteiger partial charge in [0.25, 0.3) is 5.56 Å². The van der Waals surface area contributed by atoms with E-state index in [9.17, 15) is 14.2 Å². The summed E-state index contributed by atoms with van der Waals surface area (Å²) in [5.41, 5.74) is -1.15. The SMILES string of the molecule is O=c1[nH]c(=O)n([C@H]2CC[C@@H](COP(=O)(O)O)O2)cc1Br. The highest BCUT2D eigenvalue weighted by Gasteiger charge is 2.29. The Kier molecular flexibility index (Phi) is 4.62. The van der Waals surface area contributed by atoms with Crippen molar-refractivity contribution in [2.24, 2.45) is 0 Å². The highest BCUT2D eigenvalue weighted by molar-refractivity contribution is 9.10. The maximum absolute atomic E-state index is 11.7. The Morgan fingerprint density at radius 3 is 2.85 bits per heavy atom. The van der Waals surface area contributed by atoms with E-state index in [1.54, 1.807) is 0 Å². The topological polar surface area (TPSA) is 131 Å². The fourth-order valence-corrected chi connectivity index (χ4v) is 2.55. The molecule has 3 N–H and O–H groups in total. The number of ether oxygens (including phenoxy) is 1. The molecule has 11 heteroatoms. The lowest BCUT2D eigenvalue weighted by molar-refractivity contribution is -0.0244. The van der Waals surface area contributed by atoms with E-state index in [1.807, 2.05) is 0 Å². The third-order valence-corrected chi connectivity index (χ3v) is 3.80. The molecule has 0 unspecified atom stereocenters. The van der Waals surface area contributed by atoms with Crippen LogP contribution in [0.15, 0.2) is 20.3 Å². The van der Waals surface area contributed by atoms with E-state index in [1.165, 1.54) is 10.8 Å². The minimum absolute atomic E-state index is 0.190. The van der Waals surface area contributed by atoms with Gasteiger partial charge in [-0.2, -0.15) is 0 Å². The molecule has 20 heavy (non-hydrogen) atoms. The Labute approximate surface area is 120 Å². The van der Waals surface area contributed by atoms with Crippen molar-refractivity contribution in [2.75, 3.05) is 6.61 Å². The molecule has 1 aromatic rings. The smallest absolute Gasteiger partial charge is 0.352 e. The molecule has 1 aromatic heterocycles. The van der Waals surface area contributed by atoms with E-state index < -0.39 is 31.4 Å². The number of H-pyrrole nitrogens is 1. The van der Waals surface area contributed by atoms with Crippen molar-refractivity contribution in [3.8, 4) is 0 Å². The zero-order chi connectivity index (χ0) is 14.9. The first-order valence-electron chi connectivity index (χ1n) is 5.63. The van der Waals surface area contributed by atoms with E-state index in [0.29, 0.717) is 12.8 Å². The van der Waals surface area contributed by atoms with Crippen LogP contribution < -0.4 is 11.2 Å². The van der Waals surface area contributed by atoms with Crippen LogP contribution in [-0.4, -0.2) is 32.0 Å². The highest BCUT2D eigenvalue weighted by Crippen LogP contribution is 2.37. The number of rotatable bonds is 4. The van der Waals surface area contributed by atoms with Crippen molar-refractivity contribution < 1.29 is 23.6 Å². The molecule has 1 aliphatic heterocycles. The minimum atomic E-state index is -4.54. The summed E-state index contributed by atoms with van der Waals surface area (Å²) in [6.07, 6.45) is 1.13. The maximum Gasteiger partial charge on any atom is 0.469 e. The summed E-state index contributed by atoms with van der Waals surface area (Å²) >= 11 is 3.01. The van der Waals surface area contributed by atoms with Crippen LogP contribution in [-0.2, 0) is 13.8 Å². The summed E-state index contributed by atoms with van der Waals surface area (Å²) in [7, 11) is -4.54. The number of phosphoric ester groups is 1. The van der Waals surface area contributed by atoms with E-state index in [4.69, 9.17) is 14.5 Å². The summed E-state index contributed by atoms with van der Waals surface area (Å²) in [5.74, 6) is 0. The fourth-order valence-electron chi connectivity index (χ4n) is 1.87. The molecule has 0 amide bonds. The lowest BCUT2D eigenvalue weighted by Gasteiger charge is -2.16. The Balaban J connectivity index is 2.06. The monoisotopic (exact) mass is 370 g/mol. The van der Waals surface area contributed by atoms with Gasteiger partial charge < -0.3 is 14.5 Å². The molecule has 0 bridgehead atoms. The highest BCUT2D eigenvalue weighted by atomic mass is 79.9. The first-order valence-corrected chi connectivity index (χ1v) is 7.95. The van der Waals surface area contributed by atoms with Crippen LogP contribution in [0.2, 0.25) is 0 Å². The van der Waals surface area contributed by atoms with Gasteiger partial charge in [0, 0.05) is 6.20 Å². The van der Waals surface area contributed by atoms with Crippen LogP contribution in [0.25, 0.3) is 0 Å². The van der Waals surface area contributed by atoms with Gasteiger partial charge in [-0.3, -0.25) is 18.9 Å². The van der Waals surface area contributed by atoms with Crippen LogP contribution >= 0.6 is 23.8 Å². The standard InChI is InChI=1S/C9H12BrN2O7P/c10-6-3-12(9(14)11-8(6)13)7-2-1-5(19-7)4-18-20(15,16)17/h3,5,7H,1-2,4H2,(H,11,13,14)(H2,15,16,17)/t5-,7+/m0/s1. The molecule has 2 heterocycles. The summed E-state index contributed by atoms with van der Waals surface area (Å²) < 4.78 is 21.8. The van der Waals surface area contributed by atoms with Crippen molar-refractivity contribution in [3.05, 3.63) is 31.5 Å². The van der Waals surface area contributed by atoms with Gasteiger partial charge in [-0.15, -0.1) is 0 Å². The number of aromatic nitrogens is 2. The zero-order valence-corrected chi connectivity index (χ0v) is 12.5. The van der Waals surface area contributed by atoms with Gasteiger partial charge in [0.2, 0.25) is 0 Å². The molecule has 2 atom stereocenters. The number of halogens is 1. The van der Waals surface area contributed by atoms with E-state index in [2.05, 4.69) is 25.4 Å². The number of nitrogens with zero attached hydrogens (tertiary/aromatic N) is 1. The first kappa shape index (κ1) is 15.6. The number of phosphoric acid groups is 1. The van der Waals surface area contributed by atoms with Crippen molar-refractivity contribution in [2.45, 2.75) is 25.2 Å². The largest absolute Gasteiger partial charge is 0.469 e. The lowest BCUT2D eigenvalue weighted by Crippen LogP contribution is -2.32.